The summed E-state index contributed by atoms with van der Waals surface area (Å²) in [4.78, 5) is 0. The number of aliphatic hydroxyl groups excluding tert-OH is 1. The molecule has 1 atom stereocenters. The van der Waals surface area contributed by atoms with Crippen molar-refractivity contribution in [1.29, 1.82) is 5.26 Å². The molecule has 0 heterocycles. The molecule has 0 aliphatic rings. The average molecular weight is 205 g/mol. The van der Waals surface area contributed by atoms with Crippen molar-refractivity contribution in [2.45, 2.75) is 25.9 Å². The molecule has 3 nitrogen and oxygen atoms in total. The second-order valence-corrected chi connectivity index (χ2v) is 3.39. The van der Waals surface area contributed by atoms with E-state index in [9.17, 15) is 5.11 Å². The van der Waals surface area contributed by atoms with Gasteiger partial charge in [0.05, 0.1) is 17.7 Å². The van der Waals surface area contributed by atoms with Crippen molar-refractivity contribution in [2.75, 3.05) is 6.61 Å². The lowest BCUT2D eigenvalue weighted by atomic mass is 10.2. The number of nitrogens with zero attached hydrogens (tertiary/aromatic N) is 1. The third-order valence-corrected chi connectivity index (χ3v) is 2.05. The van der Waals surface area contributed by atoms with Gasteiger partial charge in [0.1, 0.15) is 12.4 Å². The first kappa shape index (κ1) is 11.5. The van der Waals surface area contributed by atoms with Crippen LogP contribution in [-0.4, -0.2) is 17.8 Å². The molecule has 1 N–H and O–H groups in total. The Morgan fingerprint density at radius 1 is 1.40 bits per heavy atom. The summed E-state index contributed by atoms with van der Waals surface area (Å²) in [6.45, 7) is 2.32. The molecular weight excluding hydrogens is 190 g/mol. The molecule has 3 heteroatoms. The first-order valence-electron chi connectivity index (χ1n) is 5.07. The van der Waals surface area contributed by atoms with Crippen molar-refractivity contribution < 1.29 is 9.84 Å². The van der Waals surface area contributed by atoms with Crippen LogP contribution in [0.5, 0.6) is 5.75 Å². The van der Waals surface area contributed by atoms with Crippen molar-refractivity contribution >= 4 is 0 Å². The third-order valence-electron chi connectivity index (χ3n) is 2.05. The van der Waals surface area contributed by atoms with E-state index in [4.69, 9.17) is 10.00 Å². The smallest absolute Gasteiger partial charge is 0.119 e. The molecule has 1 unspecified atom stereocenters. The zero-order chi connectivity index (χ0) is 11.1. The largest absolute Gasteiger partial charge is 0.491 e. The molecule has 1 rings (SSSR count). The molecule has 0 spiro atoms. The van der Waals surface area contributed by atoms with Gasteiger partial charge in [-0.05, 0) is 30.7 Å². The molecule has 0 fully saturated rings. The molecule has 0 aliphatic heterocycles. The second kappa shape index (κ2) is 6.05. The highest BCUT2D eigenvalue weighted by Gasteiger charge is 2.03. The maximum Gasteiger partial charge on any atom is 0.119 e. The summed E-state index contributed by atoms with van der Waals surface area (Å²) in [6.07, 6.45) is 1.28. The maximum absolute atomic E-state index is 9.43. The summed E-state index contributed by atoms with van der Waals surface area (Å²) in [5, 5.41) is 18.0. The highest BCUT2D eigenvalue weighted by Crippen LogP contribution is 2.12. The zero-order valence-corrected chi connectivity index (χ0v) is 8.81. The molecule has 15 heavy (non-hydrogen) atoms. The van der Waals surface area contributed by atoms with E-state index >= 15 is 0 Å². The third kappa shape index (κ3) is 4.01. The van der Waals surface area contributed by atoms with Crippen LogP contribution in [0.15, 0.2) is 24.3 Å². The van der Waals surface area contributed by atoms with E-state index in [1.165, 1.54) is 0 Å². The number of ether oxygens (including phenoxy) is 1. The Labute approximate surface area is 89.9 Å². The van der Waals surface area contributed by atoms with E-state index in [2.05, 4.69) is 0 Å². The maximum atomic E-state index is 9.43. The number of benzene rings is 1. The van der Waals surface area contributed by atoms with Crippen LogP contribution in [0.25, 0.3) is 0 Å². The fraction of sp³-hybridized carbons (Fsp3) is 0.417. The van der Waals surface area contributed by atoms with E-state index in [0.717, 1.165) is 12.8 Å². The number of hydrogen-bond acceptors (Lipinski definition) is 3. The van der Waals surface area contributed by atoms with E-state index < -0.39 is 6.10 Å². The highest BCUT2D eigenvalue weighted by atomic mass is 16.5. The molecular formula is C12H15NO2. The predicted molar refractivity (Wildman–Crippen MR) is 57.6 cm³/mol. The van der Waals surface area contributed by atoms with Crippen LogP contribution >= 0.6 is 0 Å². The van der Waals surface area contributed by atoms with E-state index in [0.29, 0.717) is 17.9 Å². The number of nitriles is 1. The van der Waals surface area contributed by atoms with E-state index in [1.807, 2.05) is 13.0 Å². The minimum Gasteiger partial charge on any atom is -0.491 e. The highest BCUT2D eigenvalue weighted by molar-refractivity contribution is 5.34. The minimum atomic E-state index is -0.411. The molecule has 1 aromatic rings. The summed E-state index contributed by atoms with van der Waals surface area (Å²) < 4.78 is 5.36. The van der Waals surface area contributed by atoms with Gasteiger partial charge in [-0.25, -0.2) is 0 Å². The summed E-state index contributed by atoms with van der Waals surface area (Å²) in [5.41, 5.74) is 0.608. The molecule has 0 radical (unpaired) electrons. The molecule has 0 saturated heterocycles. The van der Waals surface area contributed by atoms with Crippen LogP contribution in [0.4, 0.5) is 0 Å². The molecule has 0 bridgehead atoms. The Morgan fingerprint density at radius 3 is 2.60 bits per heavy atom. The van der Waals surface area contributed by atoms with Gasteiger partial charge in [0, 0.05) is 0 Å². The Kier molecular flexibility index (Phi) is 4.65. The van der Waals surface area contributed by atoms with Crippen LogP contribution in [0.3, 0.4) is 0 Å². The van der Waals surface area contributed by atoms with E-state index in [1.54, 1.807) is 24.3 Å². The van der Waals surface area contributed by atoms with Crippen LogP contribution < -0.4 is 4.74 Å². The van der Waals surface area contributed by atoms with Crippen molar-refractivity contribution in [1.82, 2.24) is 0 Å². The van der Waals surface area contributed by atoms with Gasteiger partial charge in [-0.2, -0.15) is 5.26 Å². The van der Waals surface area contributed by atoms with E-state index in [-0.39, 0.29) is 0 Å². The van der Waals surface area contributed by atoms with Crippen LogP contribution in [-0.2, 0) is 0 Å². The fourth-order valence-electron chi connectivity index (χ4n) is 1.23. The van der Waals surface area contributed by atoms with Crippen LogP contribution in [0.1, 0.15) is 25.3 Å². The molecule has 0 saturated carbocycles. The quantitative estimate of drug-likeness (QED) is 0.800. The number of rotatable bonds is 5. The van der Waals surface area contributed by atoms with Crippen LogP contribution in [0.2, 0.25) is 0 Å². The van der Waals surface area contributed by atoms with Gasteiger partial charge in [0.25, 0.3) is 0 Å². The SMILES string of the molecule is CCCC(O)COc1ccc(C#N)cc1. The van der Waals surface area contributed by atoms with Gasteiger partial charge in [-0.15, -0.1) is 0 Å². The van der Waals surface area contributed by atoms with Gasteiger partial charge < -0.3 is 9.84 Å². The minimum absolute atomic E-state index is 0.305. The van der Waals surface area contributed by atoms with Crippen molar-refractivity contribution in [3.05, 3.63) is 29.8 Å². The van der Waals surface area contributed by atoms with Crippen molar-refractivity contribution in [2.24, 2.45) is 0 Å². The van der Waals surface area contributed by atoms with Gasteiger partial charge in [-0.1, -0.05) is 13.3 Å². The molecule has 1 aromatic carbocycles. The normalized spacial score (nSPS) is 11.8. The first-order chi connectivity index (χ1) is 7.26. The zero-order valence-electron chi connectivity index (χ0n) is 8.81. The summed E-state index contributed by atoms with van der Waals surface area (Å²) in [5.74, 6) is 0.684. The molecule has 0 aliphatic carbocycles. The second-order valence-electron chi connectivity index (χ2n) is 3.39. The average Bonchev–Trinajstić information content (AvgIpc) is 2.27. The lowest BCUT2D eigenvalue weighted by Gasteiger charge is -2.10. The number of hydrogen-bond donors (Lipinski definition) is 1. The Balaban J connectivity index is 2.41. The Morgan fingerprint density at radius 2 is 2.07 bits per heavy atom. The topological polar surface area (TPSA) is 53.2 Å². The van der Waals surface area contributed by atoms with Gasteiger partial charge in [0.2, 0.25) is 0 Å². The van der Waals surface area contributed by atoms with Crippen LogP contribution in [0, 0.1) is 11.3 Å². The summed E-state index contributed by atoms with van der Waals surface area (Å²) in [7, 11) is 0. The van der Waals surface area contributed by atoms with Crippen molar-refractivity contribution in [3.63, 3.8) is 0 Å². The van der Waals surface area contributed by atoms with Gasteiger partial charge >= 0.3 is 0 Å². The molecule has 80 valence electrons. The Hall–Kier alpha value is -1.53. The standard InChI is InChI=1S/C12H15NO2/c1-2-3-11(14)9-15-12-6-4-10(8-13)5-7-12/h4-7,11,14H,2-3,9H2,1H3. The lowest BCUT2D eigenvalue weighted by Crippen LogP contribution is -2.16. The van der Waals surface area contributed by atoms with Gasteiger partial charge in [-0.3, -0.25) is 0 Å². The predicted octanol–water partition coefficient (Wildman–Crippen LogP) is 2.10. The number of aliphatic hydroxyl groups is 1. The molecule has 0 aromatic heterocycles. The Bertz CT molecular complexity index is 326. The monoisotopic (exact) mass is 205 g/mol. The lowest BCUT2D eigenvalue weighted by molar-refractivity contribution is 0.0993. The van der Waals surface area contributed by atoms with Crippen molar-refractivity contribution in [3.8, 4) is 11.8 Å². The fourth-order valence-corrected chi connectivity index (χ4v) is 1.23. The first-order valence-corrected chi connectivity index (χ1v) is 5.07. The summed E-state index contributed by atoms with van der Waals surface area (Å²) in [6, 6.07) is 8.89. The van der Waals surface area contributed by atoms with Gasteiger partial charge in [0.15, 0.2) is 0 Å². The summed E-state index contributed by atoms with van der Waals surface area (Å²) >= 11 is 0. The molecule has 0 amide bonds.